The molecular weight excluding hydrogens is 472 g/mol. The van der Waals surface area contributed by atoms with Crippen molar-refractivity contribution in [2.45, 2.75) is 38.8 Å². The van der Waals surface area contributed by atoms with Crippen LogP contribution in [0.15, 0.2) is 54.9 Å². The average Bonchev–Trinajstić information content (AvgIpc) is 3.56. The molecule has 5 rings (SSSR count). The number of fused-ring (bicyclic) bond motifs is 2. The lowest BCUT2D eigenvalue weighted by molar-refractivity contribution is -0.134. The number of aromatic amines is 1. The molecule has 0 radical (unpaired) electrons. The van der Waals surface area contributed by atoms with E-state index in [0.717, 1.165) is 54.1 Å². The van der Waals surface area contributed by atoms with Crippen LogP contribution in [0.1, 0.15) is 46.0 Å². The molecule has 4 aromatic rings. The summed E-state index contributed by atoms with van der Waals surface area (Å²) >= 11 is 6.19. The summed E-state index contributed by atoms with van der Waals surface area (Å²) < 4.78 is 6.62. The molecule has 0 spiro atoms. The van der Waals surface area contributed by atoms with Gasteiger partial charge >= 0.3 is 5.97 Å². The highest BCUT2D eigenvalue weighted by molar-refractivity contribution is 6.31. The van der Waals surface area contributed by atoms with Gasteiger partial charge in [0.1, 0.15) is 0 Å². The number of halogens is 1. The highest BCUT2D eigenvalue weighted by atomic mass is 35.5. The van der Waals surface area contributed by atoms with Crippen molar-refractivity contribution in [2.75, 3.05) is 13.7 Å². The zero-order valence-corrected chi connectivity index (χ0v) is 21.7. The summed E-state index contributed by atoms with van der Waals surface area (Å²) in [6.07, 6.45) is 10.6. The molecule has 1 atom stereocenters. The summed E-state index contributed by atoms with van der Waals surface area (Å²) in [5.41, 5.74) is 8.45. The van der Waals surface area contributed by atoms with Gasteiger partial charge in [0.15, 0.2) is 0 Å². The normalized spacial score (nSPS) is 15.3. The number of esters is 1. The summed E-state index contributed by atoms with van der Waals surface area (Å²) in [6.45, 7) is 3.86. The molecular formula is C29H31ClN4O2. The van der Waals surface area contributed by atoms with Crippen LogP contribution in [0.5, 0.6) is 0 Å². The molecule has 0 bridgehead atoms. The summed E-state index contributed by atoms with van der Waals surface area (Å²) in [5.74, 6) is -0.342. The monoisotopic (exact) mass is 502 g/mol. The number of carbonyl (C=O) groups excluding carboxylic acids is 1. The first-order valence-corrected chi connectivity index (χ1v) is 12.7. The van der Waals surface area contributed by atoms with E-state index in [0.29, 0.717) is 6.04 Å². The number of aromatic nitrogens is 3. The van der Waals surface area contributed by atoms with Gasteiger partial charge in [-0.15, -0.1) is 0 Å². The van der Waals surface area contributed by atoms with Gasteiger partial charge in [-0.1, -0.05) is 35.9 Å². The number of benzene rings is 2. The van der Waals surface area contributed by atoms with E-state index in [4.69, 9.17) is 16.3 Å². The fourth-order valence-electron chi connectivity index (χ4n) is 5.33. The van der Waals surface area contributed by atoms with Crippen LogP contribution in [-0.4, -0.2) is 39.3 Å². The number of hydrogen-bond acceptors (Lipinski definition) is 4. The number of rotatable bonds is 8. The Labute approximate surface area is 216 Å². The first kappa shape index (κ1) is 24.3. The summed E-state index contributed by atoms with van der Waals surface area (Å²) in [5, 5.41) is 6.55. The zero-order chi connectivity index (χ0) is 25.2. The number of ether oxygens (including phenoxy) is 1. The Hall–Kier alpha value is -3.35. The first-order chi connectivity index (χ1) is 17.4. The lowest BCUT2D eigenvalue weighted by Crippen LogP contribution is -2.29. The third-order valence-electron chi connectivity index (χ3n) is 7.15. The van der Waals surface area contributed by atoms with E-state index in [1.54, 1.807) is 0 Å². The number of aryl methyl sites for hydroxylation is 3. The molecule has 0 saturated heterocycles. The van der Waals surface area contributed by atoms with E-state index in [9.17, 15) is 4.79 Å². The zero-order valence-electron chi connectivity index (χ0n) is 20.9. The minimum absolute atomic E-state index is 0.331. The van der Waals surface area contributed by atoms with Gasteiger partial charge in [-0.3, -0.25) is 9.58 Å². The molecule has 2 heterocycles. The second kappa shape index (κ2) is 10.3. The minimum Gasteiger partial charge on any atom is -0.466 e. The molecule has 186 valence electrons. The first-order valence-electron chi connectivity index (χ1n) is 12.3. The standard InChI is InChI=1S/C29H31ClN4O2/c1-19-23(17-33(2)32-19)18-34(13-12-22-16-31-27-15-24(30)7-9-25(22)27)28-10-6-21-14-20(4-8-26(21)28)5-11-29(35)36-3/h4-5,7-9,11,14-17,28,31H,6,10,12-13,18H2,1-3H3. The van der Waals surface area contributed by atoms with Crippen LogP contribution in [0.2, 0.25) is 5.02 Å². The third kappa shape index (κ3) is 5.11. The largest absolute Gasteiger partial charge is 0.466 e. The molecule has 2 aromatic heterocycles. The Kier molecular flexibility index (Phi) is 6.99. The van der Waals surface area contributed by atoms with Gasteiger partial charge in [-0.25, -0.2) is 4.79 Å². The van der Waals surface area contributed by atoms with Crippen molar-refractivity contribution in [1.82, 2.24) is 19.7 Å². The topological polar surface area (TPSA) is 63.1 Å². The van der Waals surface area contributed by atoms with Crippen LogP contribution in [0, 0.1) is 6.92 Å². The minimum atomic E-state index is -0.342. The molecule has 0 fully saturated rings. The smallest absolute Gasteiger partial charge is 0.330 e. The van der Waals surface area contributed by atoms with Crippen molar-refractivity contribution in [2.24, 2.45) is 7.05 Å². The van der Waals surface area contributed by atoms with Gasteiger partial charge in [-0.05, 0) is 66.6 Å². The average molecular weight is 503 g/mol. The van der Waals surface area contributed by atoms with Crippen LogP contribution >= 0.6 is 11.6 Å². The predicted octanol–water partition coefficient (Wildman–Crippen LogP) is 5.78. The van der Waals surface area contributed by atoms with Crippen molar-refractivity contribution in [3.63, 3.8) is 0 Å². The number of H-pyrrole nitrogens is 1. The van der Waals surface area contributed by atoms with Crippen molar-refractivity contribution in [3.8, 4) is 0 Å². The summed E-state index contributed by atoms with van der Waals surface area (Å²) in [6, 6.07) is 12.9. The number of nitrogens with zero attached hydrogens (tertiary/aromatic N) is 3. The summed E-state index contributed by atoms with van der Waals surface area (Å²) in [4.78, 5) is 17.5. The van der Waals surface area contributed by atoms with Gasteiger partial charge in [-0.2, -0.15) is 5.10 Å². The molecule has 7 heteroatoms. The Bertz CT molecular complexity index is 1430. The maximum atomic E-state index is 11.5. The second-order valence-corrected chi connectivity index (χ2v) is 9.94. The second-order valence-electron chi connectivity index (χ2n) is 9.51. The highest BCUT2D eigenvalue weighted by Crippen LogP contribution is 2.38. The molecule has 0 aliphatic heterocycles. The number of nitrogens with one attached hydrogen (secondary N) is 1. The van der Waals surface area contributed by atoms with E-state index in [1.807, 2.05) is 29.9 Å². The molecule has 0 saturated carbocycles. The van der Waals surface area contributed by atoms with E-state index in [2.05, 4.69) is 58.6 Å². The molecule has 1 N–H and O–H groups in total. The van der Waals surface area contributed by atoms with Crippen molar-refractivity contribution in [1.29, 1.82) is 0 Å². The van der Waals surface area contributed by atoms with Crippen molar-refractivity contribution >= 4 is 34.5 Å². The Morgan fingerprint density at radius 3 is 2.92 bits per heavy atom. The fraction of sp³-hybridized carbons (Fsp3) is 0.310. The van der Waals surface area contributed by atoms with Gasteiger partial charge < -0.3 is 9.72 Å². The Balaban J connectivity index is 1.40. The molecule has 1 aliphatic carbocycles. The predicted molar refractivity (Wildman–Crippen MR) is 144 cm³/mol. The fourth-order valence-corrected chi connectivity index (χ4v) is 5.50. The third-order valence-corrected chi connectivity index (χ3v) is 7.39. The quantitative estimate of drug-likeness (QED) is 0.245. The van der Waals surface area contributed by atoms with Gasteiger partial charge in [0.25, 0.3) is 0 Å². The Morgan fingerprint density at radius 2 is 2.14 bits per heavy atom. The molecule has 0 amide bonds. The van der Waals surface area contributed by atoms with Gasteiger partial charge in [0.2, 0.25) is 0 Å². The maximum absolute atomic E-state index is 11.5. The van der Waals surface area contributed by atoms with Crippen molar-refractivity contribution in [3.05, 3.63) is 93.4 Å². The van der Waals surface area contributed by atoms with E-state index >= 15 is 0 Å². The van der Waals surface area contributed by atoms with E-state index in [1.165, 1.54) is 40.8 Å². The molecule has 36 heavy (non-hydrogen) atoms. The number of methoxy groups -OCH3 is 1. The number of hydrogen-bond donors (Lipinski definition) is 1. The molecule has 2 aromatic carbocycles. The Morgan fingerprint density at radius 1 is 1.28 bits per heavy atom. The number of carbonyl (C=O) groups is 1. The van der Waals surface area contributed by atoms with E-state index < -0.39 is 0 Å². The lowest BCUT2D eigenvalue weighted by atomic mass is 10.0. The summed E-state index contributed by atoms with van der Waals surface area (Å²) in [7, 11) is 3.37. The van der Waals surface area contributed by atoms with E-state index in [-0.39, 0.29) is 5.97 Å². The lowest BCUT2D eigenvalue weighted by Gasteiger charge is -2.29. The molecule has 1 unspecified atom stereocenters. The molecule has 6 nitrogen and oxygen atoms in total. The van der Waals surface area contributed by atoms with Crippen LogP contribution in [0.3, 0.4) is 0 Å². The van der Waals surface area contributed by atoms with Crippen LogP contribution in [-0.2, 0) is 36.0 Å². The van der Waals surface area contributed by atoms with Crippen LogP contribution in [0.4, 0.5) is 0 Å². The van der Waals surface area contributed by atoms with Crippen molar-refractivity contribution < 1.29 is 9.53 Å². The van der Waals surface area contributed by atoms with Crippen LogP contribution in [0.25, 0.3) is 17.0 Å². The molecule has 1 aliphatic rings. The van der Waals surface area contributed by atoms with Gasteiger partial charge in [0.05, 0.1) is 12.8 Å². The SMILES string of the molecule is COC(=O)C=Cc1ccc2c(c1)CCC2N(CCc1c[nH]c2cc(Cl)ccc12)Cc1cn(C)nc1C. The van der Waals surface area contributed by atoms with Gasteiger partial charge in [0, 0.05) is 66.1 Å². The highest BCUT2D eigenvalue weighted by Gasteiger charge is 2.29. The maximum Gasteiger partial charge on any atom is 0.330 e. The van der Waals surface area contributed by atoms with Crippen LogP contribution < -0.4 is 0 Å².